The largest absolute Gasteiger partial charge is 0.355 e. The number of anilines is 3. The second-order valence-electron chi connectivity index (χ2n) is 6.89. The molecule has 1 aliphatic rings. The Kier molecular flexibility index (Phi) is 5.84. The molecule has 0 aliphatic carbocycles. The topological polar surface area (TPSA) is 64.8 Å². The molecule has 1 aromatic heterocycles. The molecule has 1 aliphatic heterocycles. The molecule has 3 aromatic rings. The average molecular weight is 424 g/mol. The molecule has 2 heterocycles. The second kappa shape index (κ2) is 8.69. The van der Waals surface area contributed by atoms with Gasteiger partial charge in [0.2, 0.25) is 5.95 Å². The average Bonchev–Trinajstić information content (AvgIpc) is 2.76. The summed E-state index contributed by atoms with van der Waals surface area (Å²) in [6, 6.07) is 17.0. The standard InChI is InChI=1S/C22H19Cl2N5/c23-16-6-4-15(5-7-16)20-19(14-25)21(29-12-2-1-3-13-29)28-22(27-20)26-18-10-8-17(24)9-11-18/h4-11H,1-3,12-13H2,(H,26,27,28). The van der Waals surface area contributed by atoms with Crippen LogP contribution >= 0.6 is 23.2 Å². The number of rotatable bonds is 4. The number of hydrogen-bond donors (Lipinski definition) is 1. The molecule has 2 aromatic carbocycles. The van der Waals surface area contributed by atoms with Gasteiger partial charge in [0.05, 0.1) is 5.69 Å². The van der Waals surface area contributed by atoms with E-state index in [2.05, 4.69) is 21.3 Å². The van der Waals surface area contributed by atoms with Crippen molar-refractivity contribution < 1.29 is 0 Å². The third-order valence-corrected chi connectivity index (χ3v) is 5.38. The number of hydrogen-bond acceptors (Lipinski definition) is 5. The van der Waals surface area contributed by atoms with E-state index in [1.54, 1.807) is 24.3 Å². The maximum absolute atomic E-state index is 9.94. The lowest BCUT2D eigenvalue weighted by molar-refractivity contribution is 0.573. The summed E-state index contributed by atoms with van der Waals surface area (Å²) in [6.45, 7) is 1.76. The summed E-state index contributed by atoms with van der Waals surface area (Å²) in [5, 5.41) is 14.5. The Morgan fingerprint density at radius 2 is 1.48 bits per heavy atom. The number of nitrogens with zero attached hydrogens (tertiary/aromatic N) is 4. The summed E-state index contributed by atoms with van der Waals surface area (Å²) < 4.78 is 0. The minimum Gasteiger partial charge on any atom is -0.355 e. The second-order valence-corrected chi connectivity index (χ2v) is 7.77. The summed E-state index contributed by atoms with van der Waals surface area (Å²) in [4.78, 5) is 11.6. The Hall–Kier alpha value is -2.81. The van der Waals surface area contributed by atoms with Gasteiger partial charge in [-0.05, 0) is 55.7 Å². The molecule has 0 spiro atoms. The molecule has 0 saturated carbocycles. The first kappa shape index (κ1) is 19.5. The summed E-state index contributed by atoms with van der Waals surface area (Å²) >= 11 is 12.0. The molecular formula is C22H19Cl2N5. The van der Waals surface area contributed by atoms with Crippen molar-refractivity contribution in [2.24, 2.45) is 0 Å². The Morgan fingerprint density at radius 3 is 2.10 bits per heavy atom. The fraction of sp³-hybridized carbons (Fsp3) is 0.227. The maximum atomic E-state index is 9.94. The Morgan fingerprint density at radius 1 is 0.862 bits per heavy atom. The zero-order chi connectivity index (χ0) is 20.2. The van der Waals surface area contributed by atoms with Crippen LogP contribution in [0.2, 0.25) is 10.0 Å². The lowest BCUT2D eigenvalue weighted by Crippen LogP contribution is -2.31. The molecule has 146 valence electrons. The van der Waals surface area contributed by atoms with Crippen LogP contribution in [0, 0.1) is 11.3 Å². The van der Waals surface area contributed by atoms with E-state index in [4.69, 9.17) is 28.2 Å². The minimum atomic E-state index is 0.442. The number of nitriles is 1. The van der Waals surface area contributed by atoms with Gasteiger partial charge >= 0.3 is 0 Å². The van der Waals surface area contributed by atoms with E-state index in [-0.39, 0.29) is 0 Å². The van der Waals surface area contributed by atoms with E-state index in [0.717, 1.165) is 37.2 Å². The predicted octanol–water partition coefficient (Wildman–Crippen LogP) is 6.06. The predicted molar refractivity (Wildman–Crippen MR) is 118 cm³/mol. The first-order chi connectivity index (χ1) is 14.1. The van der Waals surface area contributed by atoms with E-state index in [0.29, 0.717) is 33.1 Å². The Labute approximate surface area is 179 Å². The van der Waals surface area contributed by atoms with Gasteiger partial charge in [0.25, 0.3) is 0 Å². The van der Waals surface area contributed by atoms with Crippen molar-refractivity contribution in [3.8, 4) is 17.3 Å². The van der Waals surface area contributed by atoms with Crippen LogP contribution in [0.4, 0.5) is 17.5 Å². The minimum absolute atomic E-state index is 0.442. The van der Waals surface area contributed by atoms with Crippen LogP contribution in [0.3, 0.4) is 0 Å². The first-order valence-electron chi connectivity index (χ1n) is 9.49. The van der Waals surface area contributed by atoms with Crippen LogP contribution in [0.5, 0.6) is 0 Å². The van der Waals surface area contributed by atoms with Crippen molar-refractivity contribution in [1.82, 2.24) is 9.97 Å². The highest BCUT2D eigenvalue weighted by Gasteiger charge is 2.22. The van der Waals surface area contributed by atoms with Crippen LogP contribution < -0.4 is 10.2 Å². The van der Waals surface area contributed by atoms with Crippen molar-refractivity contribution in [2.45, 2.75) is 19.3 Å². The van der Waals surface area contributed by atoms with Crippen LogP contribution in [0.15, 0.2) is 48.5 Å². The molecule has 0 amide bonds. The van der Waals surface area contributed by atoms with Gasteiger partial charge in [-0.15, -0.1) is 0 Å². The molecule has 0 radical (unpaired) electrons. The van der Waals surface area contributed by atoms with Gasteiger partial charge in [-0.25, -0.2) is 4.98 Å². The molecule has 0 atom stereocenters. The van der Waals surface area contributed by atoms with E-state index in [1.165, 1.54) is 6.42 Å². The molecule has 0 bridgehead atoms. The molecule has 4 rings (SSSR count). The van der Waals surface area contributed by atoms with Crippen molar-refractivity contribution in [2.75, 3.05) is 23.3 Å². The zero-order valence-electron chi connectivity index (χ0n) is 15.7. The monoisotopic (exact) mass is 423 g/mol. The highest BCUT2D eigenvalue weighted by molar-refractivity contribution is 6.30. The molecule has 1 saturated heterocycles. The highest BCUT2D eigenvalue weighted by Crippen LogP contribution is 2.32. The lowest BCUT2D eigenvalue weighted by Gasteiger charge is -2.29. The van der Waals surface area contributed by atoms with Gasteiger partial charge in [0.1, 0.15) is 11.6 Å². The normalized spacial score (nSPS) is 13.8. The van der Waals surface area contributed by atoms with Gasteiger partial charge in [-0.1, -0.05) is 35.3 Å². The summed E-state index contributed by atoms with van der Waals surface area (Å²) in [5.74, 6) is 1.11. The third kappa shape index (κ3) is 4.45. The van der Waals surface area contributed by atoms with Crippen LogP contribution in [-0.2, 0) is 0 Å². The van der Waals surface area contributed by atoms with Crippen LogP contribution in [-0.4, -0.2) is 23.1 Å². The Balaban J connectivity index is 1.82. The summed E-state index contributed by atoms with van der Waals surface area (Å²) in [6.07, 6.45) is 3.37. The van der Waals surface area contributed by atoms with E-state index < -0.39 is 0 Å². The van der Waals surface area contributed by atoms with Crippen LogP contribution in [0.1, 0.15) is 24.8 Å². The lowest BCUT2D eigenvalue weighted by atomic mass is 10.1. The SMILES string of the molecule is N#Cc1c(-c2ccc(Cl)cc2)nc(Nc2ccc(Cl)cc2)nc1N1CCCCC1. The number of piperidine rings is 1. The molecule has 0 unspecified atom stereocenters. The Bertz CT molecular complexity index is 1040. The molecule has 29 heavy (non-hydrogen) atoms. The van der Waals surface area contributed by atoms with Gasteiger partial charge in [0.15, 0.2) is 5.82 Å². The van der Waals surface area contributed by atoms with Gasteiger partial charge in [-0.3, -0.25) is 0 Å². The van der Waals surface area contributed by atoms with Crippen molar-refractivity contribution in [1.29, 1.82) is 5.26 Å². The molecule has 1 N–H and O–H groups in total. The van der Waals surface area contributed by atoms with Crippen LogP contribution in [0.25, 0.3) is 11.3 Å². The number of nitrogens with one attached hydrogen (secondary N) is 1. The van der Waals surface area contributed by atoms with Crippen molar-refractivity contribution in [3.63, 3.8) is 0 Å². The van der Waals surface area contributed by atoms with Gasteiger partial charge < -0.3 is 10.2 Å². The highest BCUT2D eigenvalue weighted by atomic mass is 35.5. The van der Waals surface area contributed by atoms with Crippen molar-refractivity contribution in [3.05, 3.63) is 64.1 Å². The van der Waals surface area contributed by atoms with E-state index in [1.807, 2.05) is 24.3 Å². The zero-order valence-corrected chi connectivity index (χ0v) is 17.2. The number of halogens is 2. The number of aromatic nitrogens is 2. The maximum Gasteiger partial charge on any atom is 0.229 e. The molecule has 1 fully saturated rings. The number of benzene rings is 2. The van der Waals surface area contributed by atoms with E-state index >= 15 is 0 Å². The van der Waals surface area contributed by atoms with Gasteiger partial charge in [0, 0.05) is 34.4 Å². The van der Waals surface area contributed by atoms with Crippen molar-refractivity contribution >= 4 is 40.7 Å². The third-order valence-electron chi connectivity index (χ3n) is 4.88. The summed E-state index contributed by atoms with van der Waals surface area (Å²) in [7, 11) is 0. The molecular weight excluding hydrogens is 405 g/mol. The smallest absolute Gasteiger partial charge is 0.229 e. The van der Waals surface area contributed by atoms with Gasteiger partial charge in [-0.2, -0.15) is 10.2 Å². The molecule has 5 nitrogen and oxygen atoms in total. The molecule has 7 heteroatoms. The quantitative estimate of drug-likeness (QED) is 0.552. The fourth-order valence-electron chi connectivity index (χ4n) is 3.42. The fourth-order valence-corrected chi connectivity index (χ4v) is 3.67. The van der Waals surface area contributed by atoms with E-state index in [9.17, 15) is 5.26 Å². The first-order valence-corrected chi connectivity index (χ1v) is 10.3. The summed E-state index contributed by atoms with van der Waals surface area (Å²) in [5.41, 5.74) is 2.73.